The van der Waals surface area contributed by atoms with Gasteiger partial charge in [0.05, 0.1) is 0 Å². The lowest BCUT2D eigenvalue weighted by molar-refractivity contribution is 0.758. The van der Waals surface area contributed by atoms with E-state index in [1.165, 1.54) is 5.56 Å². The van der Waals surface area contributed by atoms with Crippen molar-refractivity contribution in [2.75, 3.05) is 12.4 Å². The van der Waals surface area contributed by atoms with Crippen molar-refractivity contribution >= 4 is 11.5 Å². The van der Waals surface area contributed by atoms with Crippen LogP contribution in [-0.2, 0) is 0 Å². The third-order valence-corrected chi connectivity index (χ3v) is 2.85. The molecule has 16 heavy (non-hydrogen) atoms. The van der Waals surface area contributed by atoms with Gasteiger partial charge in [-0.2, -0.15) is 0 Å². The van der Waals surface area contributed by atoms with Crippen molar-refractivity contribution in [1.29, 1.82) is 0 Å². The monoisotopic (exact) mass is 219 g/mol. The van der Waals surface area contributed by atoms with Crippen LogP contribution in [0, 0.1) is 6.92 Å². The predicted molar refractivity (Wildman–Crippen MR) is 70.5 cm³/mol. The molecule has 0 aliphatic rings. The quantitative estimate of drug-likeness (QED) is 0.790. The molecule has 3 nitrogen and oxygen atoms in total. The molecule has 1 rings (SSSR count). The molecule has 0 fully saturated rings. The first-order valence-corrected chi connectivity index (χ1v) is 5.76. The summed E-state index contributed by atoms with van der Waals surface area (Å²) in [4.78, 5) is 8.65. The third-order valence-electron chi connectivity index (χ3n) is 2.85. The van der Waals surface area contributed by atoms with E-state index in [-0.39, 0.29) is 0 Å². The van der Waals surface area contributed by atoms with Crippen LogP contribution in [0.2, 0.25) is 0 Å². The van der Waals surface area contributed by atoms with Gasteiger partial charge in [-0.25, -0.2) is 4.98 Å². The molecule has 88 valence electrons. The smallest absolute Gasteiger partial charge is 0.135 e. The lowest BCUT2D eigenvalue weighted by Crippen LogP contribution is -2.17. The van der Waals surface area contributed by atoms with Gasteiger partial charge in [-0.3, -0.25) is 4.99 Å². The summed E-state index contributed by atoms with van der Waals surface area (Å²) < 4.78 is 0. The Kier molecular flexibility index (Phi) is 4.47. The van der Waals surface area contributed by atoms with E-state index in [1.807, 2.05) is 26.2 Å². The molecule has 0 aliphatic heterocycles. The molecule has 0 aliphatic carbocycles. The van der Waals surface area contributed by atoms with Gasteiger partial charge in [-0.15, -0.1) is 0 Å². The number of hydrogen-bond donors (Lipinski definition) is 1. The number of aliphatic imine (C=N–C) groups is 1. The van der Waals surface area contributed by atoms with Crippen LogP contribution >= 0.6 is 0 Å². The van der Waals surface area contributed by atoms with Gasteiger partial charge in [0.1, 0.15) is 5.82 Å². The summed E-state index contributed by atoms with van der Waals surface area (Å²) in [5.41, 5.74) is 3.37. The Morgan fingerprint density at radius 2 is 2.25 bits per heavy atom. The van der Waals surface area contributed by atoms with Crippen LogP contribution in [0.3, 0.4) is 0 Å². The van der Waals surface area contributed by atoms with Gasteiger partial charge in [0.25, 0.3) is 0 Å². The first-order valence-electron chi connectivity index (χ1n) is 5.76. The summed E-state index contributed by atoms with van der Waals surface area (Å²) in [7, 11) is 1.81. The van der Waals surface area contributed by atoms with Gasteiger partial charge in [0.15, 0.2) is 0 Å². The van der Waals surface area contributed by atoms with E-state index in [9.17, 15) is 0 Å². The van der Waals surface area contributed by atoms with Crippen LogP contribution in [-0.4, -0.2) is 23.8 Å². The van der Waals surface area contributed by atoms with Gasteiger partial charge in [-0.1, -0.05) is 6.92 Å². The molecule has 1 unspecified atom stereocenters. The molecule has 1 heterocycles. The highest BCUT2D eigenvalue weighted by atomic mass is 15.0. The van der Waals surface area contributed by atoms with E-state index in [0.717, 1.165) is 23.5 Å². The first-order chi connectivity index (χ1) is 7.60. The molecule has 1 aromatic heterocycles. The summed E-state index contributed by atoms with van der Waals surface area (Å²) in [6, 6.07) is 2.45. The molecule has 1 atom stereocenters. The van der Waals surface area contributed by atoms with Crippen LogP contribution in [0.25, 0.3) is 0 Å². The van der Waals surface area contributed by atoms with Crippen LogP contribution < -0.4 is 5.32 Å². The zero-order valence-electron chi connectivity index (χ0n) is 10.8. The molecule has 0 saturated carbocycles. The summed E-state index contributed by atoms with van der Waals surface area (Å²) in [5, 5.41) is 3.42. The summed E-state index contributed by atoms with van der Waals surface area (Å²) >= 11 is 0. The Morgan fingerprint density at radius 3 is 2.81 bits per heavy atom. The van der Waals surface area contributed by atoms with Crippen LogP contribution in [0.1, 0.15) is 38.3 Å². The maximum absolute atomic E-state index is 4.40. The zero-order valence-corrected chi connectivity index (χ0v) is 10.8. The van der Waals surface area contributed by atoms with Crippen LogP contribution in [0.4, 0.5) is 5.82 Å². The number of pyridine rings is 1. The van der Waals surface area contributed by atoms with E-state index >= 15 is 0 Å². The maximum atomic E-state index is 4.40. The molecule has 0 aromatic carbocycles. The molecule has 3 heteroatoms. The van der Waals surface area contributed by atoms with Crippen molar-refractivity contribution in [3.63, 3.8) is 0 Å². The molecule has 1 aromatic rings. The van der Waals surface area contributed by atoms with Gasteiger partial charge in [0.2, 0.25) is 0 Å². The minimum atomic E-state index is 0.428. The summed E-state index contributed by atoms with van der Waals surface area (Å²) in [6.07, 6.45) is 2.92. The van der Waals surface area contributed by atoms with Gasteiger partial charge in [-0.05, 0) is 38.8 Å². The third kappa shape index (κ3) is 2.81. The van der Waals surface area contributed by atoms with Crippen molar-refractivity contribution in [2.24, 2.45) is 4.99 Å². The highest BCUT2D eigenvalue weighted by Crippen LogP contribution is 2.19. The Balaban J connectivity index is 3.13. The van der Waals surface area contributed by atoms with Crippen molar-refractivity contribution in [2.45, 2.75) is 40.2 Å². The number of nitrogens with one attached hydrogen (secondary N) is 1. The Bertz CT molecular complexity index is 383. The van der Waals surface area contributed by atoms with Crippen molar-refractivity contribution in [1.82, 2.24) is 4.98 Å². The van der Waals surface area contributed by atoms with E-state index in [0.29, 0.717) is 6.04 Å². The standard InChI is InChI=1S/C13H21N3/c1-6-10(3)16-13-12(11(4)14-5)9(2)7-8-15-13/h7-8,10H,6H2,1-5H3,(H,15,16). The highest BCUT2D eigenvalue weighted by Gasteiger charge is 2.11. The molecular weight excluding hydrogens is 198 g/mol. The lowest BCUT2D eigenvalue weighted by Gasteiger charge is -2.17. The molecule has 0 amide bonds. The fraction of sp³-hybridized carbons (Fsp3) is 0.538. The minimum Gasteiger partial charge on any atom is -0.367 e. The second-order valence-electron chi connectivity index (χ2n) is 4.11. The summed E-state index contributed by atoms with van der Waals surface area (Å²) in [5.74, 6) is 0.942. The minimum absolute atomic E-state index is 0.428. The predicted octanol–water partition coefficient (Wildman–Crippen LogP) is 3.04. The van der Waals surface area contributed by atoms with Gasteiger partial charge < -0.3 is 5.32 Å². The largest absolute Gasteiger partial charge is 0.367 e. The molecule has 0 spiro atoms. The second-order valence-corrected chi connectivity index (χ2v) is 4.11. The Hall–Kier alpha value is -1.38. The molecular formula is C13H21N3. The van der Waals surface area contributed by atoms with Gasteiger partial charge in [0, 0.05) is 30.6 Å². The van der Waals surface area contributed by atoms with E-state index < -0.39 is 0 Å². The van der Waals surface area contributed by atoms with E-state index in [4.69, 9.17) is 0 Å². The second kappa shape index (κ2) is 5.64. The topological polar surface area (TPSA) is 37.3 Å². The Morgan fingerprint density at radius 1 is 1.56 bits per heavy atom. The molecule has 0 radical (unpaired) electrons. The van der Waals surface area contributed by atoms with Crippen molar-refractivity contribution < 1.29 is 0 Å². The van der Waals surface area contributed by atoms with Crippen LogP contribution in [0.5, 0.6) is 0 Å². The number of aryl methyl sites for hydroxylation is 1. The fourth-order valence-electron chi connectivity index (χ4n) is 1.57. The number of aromatic nitrogens is 1. The molecule has 0 bridgehead atoms. The van der Waals surface area contributed by atoms with Crippen molar-refractivity contribution in [3.05, 3.63) is 23.4 Å². The highest BCUT2D eigenvalue weighted by molar-refractivity contribution is 6.03. The zero-order chi connectivity index (χ0) is 12.1. The first kappa shape index (κ1) is 12.7. The average Bonchev–Trinajstić information content (AvgIpc) is 2.28. The van der Waals surface area contributed by atoms with E-state index in [1.54, 1.807) is 0 Å². The number of hydrogen-bond acceptors (Lipinski definition) is 3. The molecule has 1 N–H and O–H groups in total. The number of rotatable bonds is 4. The number of anilines is 1. The number of nitrogens with zero attached hydrogens (tertiary/aromatic N) is 2. The normalized spacial score (nSPS) is 13.7. The van der Waals surface area contributed by atoms with Crippen molar-refractivity contribution in [3.8, 4) is 0 Å². The fourth-order valence-corrected chi connectivity index (χ4v) is 1.57. The SMILES string of the molecule is CCC(C)Nc1nccc(C)c1C(C)=NC. The molecule has 0 saturated heterocycles. The lowest BCUT2D eigenvalue weighted by atomic mass is 10.1. The van der Waals surface area contributed by atoms with E-state index in [2.05, 4.69) is 36.1 Å². The van der Waals surface area contributed by atoms with Crippen LogP contribution in [0.15, 0.2) is 17.3 Å². The van der Waals surface area contributed by atoms with Gasteiger partial charge >= 0.3 is 0 Å². The Labute approximate surface area is 98.0 Å². The average molecular weight is 219 g/mol. The maximum Gasteiger partial charge on any atom is 0.135 e. The summed E-state index contributed by atoms with van der Waals surface area (Å²) in [6.45, 7) is 8.43.